The average molecular weight is 300 g/mol. The number of alkyl halides is 1. The van der Waals surface area contributed by atoms with Gasteiger partial charge in [0.1, 0.15) is 6.67 Å². The van der Waals surface area contributed by atoms with Crippen LogP contribution >= 0.6 is 0 Å². The summed E-state index contributed by atoms with van der Waals surface area (Å²) in [5.41, 5.74) is -3.12. The van der Waals surface area contributed by atoms with E-state index in [4.69, 9.17) is 4.74 Å². The van der Waals surface area contributed by atoms with Crippen molar-refractivity contribution < 1.29 is 24.1 Å². The van der Waals surface area contributed by atoms with E-state index in [1.54, 1.807) is 0 Å². The van der Waals surface area contributed by atoms with E-state index < -0.39 is 29.3 Å². The van der Waals surface area contributed by atoms with Crippen LogP contribution in [0.5, 0.6) is 0 Å². The van der Waals surface area contributed by atoms with Gasteiger partial charge < -0.3 is 14.9 Å². The summed E-state index contributed by atoms with van der Waals surface area (Å²) in [5.74, 6) is -0.246. The molecule has 0 heterocycles. The number of halogens is 1. The highest BCUT2D eigenvalue weighted by Gasteiger charge is 2.63. The summed E-state index contributed by atoms with van der Waals surface area (Å²) < 4.78 is 18.2. The van der Waals surface area contributed by atoms with E-state index in [1.807, 2.05) is 0 Å². The summed E-state index contributed by atoms with van der Waals surface area (Å²) in [6.07, 6.45) is 3.93. The molecular formula is C16H25FO4. The molecule has 0 aromatic carbocycles. The van der Waals surface area contributed by atoms with Gasteiger partial charge in [0, 0.05) is 11.8 Å². The highest BCUT2D eigenvalue weighted by Crippen LogP contribution is 2.63. The van der Waals surface area contributed by atoms with Crippen LogP contribution < -0.4 is 0 Å². The van der Waals surface area contributed by atoms with Crippen LogP contribution in [0.1, 0.15) is 52.4 Å². The molecule has 0 aliphatic heterocycles. The van der Waals surface area contributed by atoms with Crippen molar-refractivity contribution >= 4 is 5.97 Å². The van der Waals surface area contributed by atoms with Crippen LogP contribution in [0.15, 0.2) is 0 Å². The molecule has 120 valence electrons. The highest BCUT2D eigenvalue weighted by atomic mass is 19.1. The lowest BCUT2D eigenvalue weighted by Crippen LogP contribution is -2.64. The molecule has 5 heteroatoms. The van der Waals surface area contributed by atoms with Gasteiger partial charge in [-0.25, -0.2) is 4.39 Å². The molecule has 0 amide bonds. The van der Waals surface area contributed by atoms with Crippen molar-refractivity contribution in [3.63, 3.8) is 0 Å². The fourth-order valence-corrected chi connectivity index (χ4v) is 5.16. The molecule has 0 spiro atoms. The van der Waals surface area contributed by atoms with Crippen LogP contribution in [0.4, 0.5) is 4.39 Å². The van der Waals surface area contributed by atoms with Gasteiger partial charge in [-0.3, -0.25) is 4.79 Å². The Labute approximate surface area is 124 Å². The Morgan fingerprint density at radius 2 is 1.76 bits per heavy atom. The average Bonchev–Trinajstić information content (AvgIpc) is 2.31. The highest BCUT2D eigenvalue weighted by molar-refractivity contribution is 5.76. The van der Waals surface area contributed by atoms with Crippen LogP contribution in [0.25, 0.3) is 0 Å². The molecule has 2 N–H and O–H groups in total. The predicted octanol–water partition coefficient (Wildman–Crippen LogP) is 1.97. The van der Waals surface area contributed by atoms with E-state index in [9.17, 15) is 19.4 Å². The predicted molar refractivity (Wildman–Crippen MR) is 74.2 cm³/mol. The SMILES string of the molecule is CC(C)(CF)C(=O)OCC12CC3CC(O)(CC(O)(C3)C1)C2. The summed E-state index contributed by atoms with van der Waals surface area (Å²) in [6, 6.07) is 0. The third-order valence-corrected chi connectivity index (χ3v) is 5.52. The van der Waals surface area contributed by atoms with Crippen molar-refractivity contribution in [2.45, 2.75) is 63.6 Å². The van der Waals surface area contributed by atoms with Gasteiger partial charge in [0.05, 0.1) is 23.2 Å². The summed E-state index contributed by atoms with van der Waals surface area (Å²) in [4.78, 5) is 12.0. The van der Waals surface area contributed by atoms with Gasteiger partial charge in [0.25, 0.3) is 0 Å². The van der Waals surface area contributed by atoms with E-state index in [2.05, 4.69) is 0 Å². The van der Waals surface area contributed by atoms with E-state index in [0.717, 1.165) is 19.3 Å². The first-order chi connectivity index (χ1) is 9.60. The second kappa shape index (κ2) is 4.42. The molecule has 4 saturated carbocycles. The summed E-state index contributed by atoms with van der Waals surface area (Å²) in [7, 11) is 0. The smallest absolute Gasteiger partial charge is 0.314 e. The fraction of sp³-hybridized carbons (Fsp3) is 0.938. The Morgan fingerprint density at radius 3 is 2.24 bits per heavy atom. The monoisotopic (exact) mass is 300 g/mol. The van der Waals surface area contributed by atoms with Crippen molar-refractivity contribution in [3.8, 4) is 0 Å². The summed E-state index contributed by atoms with van der Waals surface area (Å²) in [5, 5.41) is 21.3. The normalized spacial score (nSPS) is 44.9. The van der Waals surface area contributed by atoms with Crippen LogP contribution in [0, 0.1) is 16.7 Å². The topological polar surface area (TPSA) is 66.8 Å². The van der Waals surface area contributed by atoms with Crippen molar-refractivity contribution in [1.82, 2.24) is 0 Å². The number of hydrogen-bond donors (Lipinski definition) is 2. The van der Waals surface area contributed by atoms with E-state index in [0.29, 0.717) is 25.2 Å². The van der Waals surface area contributed by atoms with Gasteiger partial charge in [-0.1, -0.05) is 0 Å². The lowest BCUT2D eigenvalue weighted by Gasteiger charge is -2.63. The molecule has 0 radical (unpaired) electrons. The van der Waals surface area contributed by atoms with Crippen LogP contribution in [-0.2, 0) is 9.53 Å². The van der Waals surface area contributed by atoms with Gasteiger partial charge in [0.15, 0.2) is 0 Å². The third-order valence-electron chi connectivity index (χ3n) is 5.52. The first-order valence-electron chi connectivity index (χ1n) is 7.78. The van der Waals surface area contributed by atoms with Gasteiger partial charge in [-0.2, -0.15) is 0 Å². The van der Waals surface area contributed by atoms with Gasteiger partial charge in [0.2, 0.25) is 0 Å². The van der Waals surface area contributed by atoms with Crippen LogP contribution in [0.3, 0.4) is 0 Å². The first-order valence-corrected chi connectivity index (χ1v) is 7.78. The number of carbonyl (C=O) groups excluding carboxylic acids is 1. The second-order valence-corrected chi connectivity index (χ2v) is 8.55. The molecule has 4 rings (SSSR count). The van der Waals surface area contributed by atoms with Crippen molar-refractivity contribution in [2.24, 2.45) is 16.7 Å². The quantitative estimate of drug-likeness (QED) is 0.779. The molecule has 0 aromatic rings. The number of aliphatic hydroxyl groups is 2. The summed E-state index contributed by atoms with van der Waals surface area (Å²) in [6.45, 7) is 2.47. The second-order valence-electron chi connectivity index (χ2n) is 8.55. The number of rotatable bonds is 4. The Hall–Kier alpha value is -0.680. The van der Waals surface area contributed by atoms with Crippen molar-refractivity contribution in [1.29, 1.82) is 0 Å². The number of esters is 1. The first kappa shape index (κ1) is 15.2. The van der Waals surface area contributed by atoms with Crippen molar-refractivity contribution in [3.05, 3.63) is 0 Å². The van der Waals surface area contributed by atoms with Crippen molar-refractivity contribution in [2.75, 3.05) is 13.3 Å². The lowest BCUT2D eigenvalue weighted by molar-refractivity contribution is -0.241. The molecule has 0 saturated heterocycles. The number of ether oxygens (including phenoxy) is 1. The molecule has 4 aliphatic carbocycles. The molecular weight excluding hydrogens is 275 g/mol. The molecule has 0 aromatic heterocycles. The van der Waals surface area contributed by atoms with E-state index >= 15 is 0 Å². The molecule has 4 fully saturated rings. The standard InChI is InChI=1S/C16H25FO4/c1-13(2,9-17)12(18)21-10-14-3-11-4-15(19,6-14)8-16(20,5-11)7-14/h11,19-20H,3-10H2,1-2H3. The Morgan fingerprint density at radius 1 is 1.19 bits per heavy atom. The molecule has 4 bridgehead atoms. The maximum absolute atomic E-state index is 12.8. The third kappa shape index (κ3) is 2.59. The Bertz CT molecular complexity index is 443. The van der Waals surface area contributed by atoms with E-state index in [-0.39, 0.29) is 12.0 Å². The minimum Gasteiger partial charge on any atom is -0.465 e. The summed E-state index contributed by atoms with van der Waals surface area (Å²) >= 11 is 0. The zero-order chi connectivity index (χ0) is 15.5. The molecule has 2 atom stereocenters. The molecule has 4 aliphatic rings. The zero-order valence-corrected chi connectivity index (χ0v) is 12.8. The molecule has 21 heavy (non-hydrogen) atoms. The largest absolute Gasteiger partial charge is 0.465 e. The maximum Gasteiger partial charge on any atom is 0.314 e. The van der Waals surface area contributed by atoms with Crippen LogP contribution in [-0.4, -0.2) is 40.7 Å². The minimum absolute atomic E-state index is 0.177. The lowest BCUT2D eigenvalue weighted by atomic mass is 9.46. The minimum atomic E-state index is -1.13. The Kier molecular flexibility index (Phi) is 3.20. The number of hydrogen-bond acceptors (Lipinski definition) is 4. The zero-order valence-electron chi connectivity index (χ0n) is 12.8. The van der Waals surface area contributed by atoms with Crippen LogP contribution in [0.2, 0.25) is 0 Å². The Balaban J connectivity index is 1.72. The molecule has 4 nitrogen and oxygen atoms in total. The number of carbonyl (C=O) groups is 1. The van der Waals surface area contributed by atoms with Gasteiger partial charge in [-0.15, -0.1) is 0 Å². The van der Waals surface area contributed by atoms with Gasteiger partial charge >= 0.3 is 5.97 Å². The van der Waals surface area contributed by atoms with E-state index in [1.165, 1.54) is 13.8 Å². The molecule has 2 unspecified atom stereocenters. The fourth-order valence-electron chi connectivity index (χ4n) is 5.16. The maximum atomic E-state index is 12.8. The van der Waals surface area contributed by atoms with Gasteiger partial charge in [-0.05, 0) is 51.9 Å².